The topological polar surface area (TPSA) is 64.1 Å². The molecule has 2 heterocycles. The van der Waals surface area contributed by atoms with Crippen molar-refractivity contribution in [2.24, 2.45) is 0 Å². The fraction of sp³-hybridized carbons (Fsp3) is 0.105. The second-order valence-corrected chi connectivity index (χ2v) is 7.64. The van der Waals surface area contributed by atoms with Crippen molar-refractivity contribution in [3.63, 3.8) is 0 Å². The molecule has 0 saturated carbocycles. The summed E-state index contributed by atoms with van der Waals surface area (Å²) >= 11 is 2.82. The van der Waals surface area contributed by atoms with E-state index in [4.69, 9.17) is 4.74 Å². The SMILES string of the molecule is COc1cccc(-c2nc(C)c(C(=O)Nc3nc4ccccc4s3)s2)c1. The van der Waals surface area contributed by atoms with Gasteiger partial charge in [-0.25, -0.2) is 9.97 Å². The number of methoxy groups -OCH3 is 1. The van der Waals surface area contributed by atoms with Crippen molar-refractivity contribution in [3.05, 3.63) is 59.1 Å². The number of anilines is 1. The standard InChI is InChI=1S/C19H15N3O2S2/c1-11-16(26-18(20-11)12-6-5-7-13(10-12)24-2)17(23)22-19-21-14-8-3-4-9-15(14)25-19/h3-10H,1-2H3,(H,21,22,23). The Balaban J connectivity index is 1.61. The van der Waals surface area contributed by atoms with E-state index in [-0.39, 0.29) is 5.91 Å². The van der Waals surface area contributed by atoms with Gasteiger partial charge in [0.2, 0.25) is 0 Å². The highest BCUT2D eigenvalue weighted by atomic mass is 32.1. The minimum absolute atomic E-state index is 0.187. The molecule has 2 aromatic heterocycles. The summed E-state index contributed by atoms with van der Waals surface area (Å²) in [6.07, 6.45) is 0. The molecule has 0 spiro atoms. The lowest BCUT2D eigenvalue weighted by atomic mass is 10.2. The predicted molar refractivity (Wildman–Crippen MR) is 106 cm³/mol. The second-order valence-electron chi connectivity index (χ2n) is 5.61. The molecule has 0 aliphatic rings. The molecule has 1 N–H and O–H groups in total. The zero-order chi connectivity index (χ0) is 18.1. The molecule has 0 atom stereocenters. The molecule has 1 amide bonds. The van der Waals surface area contributed by atoms with Gasteiger partial charge in [0, 0.05) is 5.56 Å². The van der Waals surface area contributed by atoms with Crippen LogP contribution < -0.4 is 10.1 Å². The maximum absolute atomic E-state index is 12.7. The van der Waals surface area contributed by atoms with E-state index in [1.807, 2.05) is 55.5 Å². The van der Waals surface area contributed by atoms with E-state index in [1.165, 1.54) is 22.7 Å². The summed E-state index contributed by atoms with van der Waals surface area (Å²) in [4.78, 5) is 22.3. The summed E-state index contributed by atoms with van der Waals surface area (Å²) in [6, 6.07) is 15.5. The molecule has 0 bridgehead atoms. The third-order valence-electron chi connectivity index (χ3n) is 3.83. The van der Waals surface area contributed by atoms with Crippen LogP contribution in [-0.2, 0) is 0 Å². The Morgan fingerprint density at radius 2 is 1.92 bits per heavy atom. The van der Waals surface area contributed by atoms with Gasteiger partial charge in [-0.1, -0.05) is 35.6 Å². The fourth-order valence-electron chi connectivity index (χ4n) is 2.57. The number of rotatable bonds is 4. The van der Waals surface area contributed by atoms with Gasteiger partial charge in [-0.15, -0.1) is 11.3 Å². The first kappa shape index (κ1) is 16.7. The minimum atomic E-state index is -0.187. The van der Waals surface area contributed by atoms with Crippen LogP contribution in [0.1, 0.15) is 15.4 Å². The molecule has 0 aliphatic carbocycles. The number of nitrogens with zero attached hydrogens (tertiary/aromatic N) is 2. The number of amides is 1. The first-order valence-corrected chi connectivity index (χ1v) is 9.56. The summed E-state index contributed by atoms with van der Waals surface area (Å²) in [5.41, 5.74) is 2.51. The van der Waals surface area contributed by atoms with Gasteiger partial charge in [0.25, 0.3) is 5.91 Å². The highest BCUT2D eigenvalue weighted by Crippen LogP contribution is 2.31. The van der Waals surface area contributed by atoms with E-state index in [1.54, 1.807) is 7.11 Å². The van der Waals surface area contributed by atoms with Gasteiger partial charge in [0.05, 0.1) is 23.0 Å². The summed E-state index contributed by atoms with van der Waals surface area (Å²) in [5.74, 6) is 0.573. The van der Waals surface area contributed by atoms with Crippen LogP contribution in [0.5, 0.6) is 5.75 Å². The Kier molecular flexibility index (Phi) is 4.40. The monoisotopic (exact) mass is 381 g/mol. The average molecular weight is 381 g/mol. The molecule has 5 nitrogen and oxygen atoms in total. The van der Waals surface area contributed by atoms with E-state index in [0.717, 1.165) is 26.5 Å². The summed E-state index contributed by atoms with van der Waals surface area (Å²) in [5, 5.41) is 4.27. The molecular formula is C19H15N3O2S2. The molecule has 0 saturated heterocycles. The Morgan fingerprint density at radius 3 is 2.73 bits per heavy atom. The number of hydrogen-bond donors (Lipinski definition) is 1. The summed E-state index contributed by atoms with van der Waals surface area (Å²) in [7, 11) is 1.63. The lowest BCUT2D eigenvalue weighted by Gasteiger charge is -2.01. The molecule has 4 aromatic rings. The Bertz CT molecular complexity index is 1070. The number of carbonyl (C=O) groups is 1. The largest absolute Gasteiger partial charge is 0.497 e. The van der Waals surface area contributed by atoms with Gasteiger partial charge in [-0.2, -0.15) is 0 Å². The quantitative estimate of drug-likeness (QED) is 0.541. The molecule has 0 fully saturated rings. The summed E-state index contributed by atoms with van der Waals surface area (Å²) in [6.45, 7) is 1.84. The Labute approximate surface area is 158 Å². The van der Waals surface area contributed by atoms with Crippen molar-refractivity contribution in [1.82, 2.24) is 9.97 Å². The second kappa shape index (κ2) is 6.86. The van der Waals surface area contributed by atoms with Crippen LogP contribution in [0, 0.1) is 6.92 Å². The van der Waals surface area contributed by atoms with Crippen LogP contribution in [0.25, 0.3) is 20.8 Å². The Hall–Kier alpha value is -2.77. The van der Waals surface area contributed by atoms with Crippen LogP contribution in [-0.4, -0.2) is 23.0 Å². The molecule has 130 valence electrons. The van der Waals surface area contributed by atoms with E-state index in [2.05, 4.69) is 15.3 Å². The first-order chi connectivity index (χ1) is 12.6. The van der Waals surface area contributed by atoms with E-state index in [0.29, 0.717) is 15.7 Å². The van der Waals surface area contributed by atoms with Gasteiger partial charge in [0.1, 0.15) is 15.6 Å². The van der Waals surface area contributed by atoms with Gasteiger partial charge < -0.3 is 4.74 Å². The number of fused-ring (bicyclic) bond motifs is 1. The van der Waals surface area contributed by atoms with Crippen LogP contribution in [0.15, 0.2) is 48.5 Å². The average Bonchev–Trinajstić information content (AvgIpc) is 3.24. The number of carbonyl (C=O) groups excluding carboxylic acids is 1. The number of nitrogens with one attached hydrogen (secondary N) is 1. The minimum Gasteiger partial charge on any atom is -0.497 e. The van der Waals surface area contributed by atoms with Crippen LogP contribution in [0.3, 0.4) is 0 Å². The molecule has 7 heteroatoms. The van der Waals surface area contributed by atoms with E-state index in [9.17, 15) is 4.79 Å². The molecule has 0 unspecified atom stereocenters. The number of benzene rings is 2. The van der Waals surface area contributed by atoms with Crippen molar-refractivity contribution in [3.8, 4) is 16.3 Å². The smallest absolute Gasteiger partial charge is 0.269 e. The maximum Gasteiger partial charge on any atom is 0.269 e. The van der Waals surface area contributed by atoms with E-state index < -0.39 is 0 Å². The van der Waals surface area contributed by atoms with Crippen molar-refractivity contribution in [2.75, 3.05) is 12.4 Å². The van der Waals surface area contributed by atoms with Crippen molar-refractivity contribution < 1.29 is 9.53 Å². The molecule has 4 rings (SSSR count). The number of aromatic nitrogens is 2. The van der Waals surface area contributed by atoms with Crippen molar-refractivity contribution >= 4 is 43.9 Å². The van der Waals surface area contributed by atoms with Crippen molar-refractivity contribution in [1.29, 1.82) is 0 Å². The van der Waals surface area contributed by atoms with Crippen LogP contribution in [0.4, 0.5) is 5.13 Å². The highest BCUT2D eigenvalue weighted by molar-refractivity contribution is 7.22. The van der Waals surface area contributed by atoms with Gasteiger partial charge in [-0.05, 0) is 31.2 Å². The maximum atomic E-state index is 12.7. The molecule has 0 radical (unpaired) electrons. The molecular weight excluding hydrogens is 366 g/mol. The normalized spacial score (nSPS) is 10.8. The zero-order valence-electron chi connectivity index (χ0n) is 14.1. The first-order valence-electron chi connectivity index (χ1n) is 7.93. The summed E-state index contributed by atoms with van der Waals surface area (Å²) < 4.78 is 6.30. The lowest BCUT2D eigenvalue weighted by Crippen LogP contribution is -2.11. The van der Waals surface area contributed by atoms with Gasteiger partial charge in [0.15, 0.2) is 5.13 Å². The van der Waals surface area contributed by atoms with Crippen molar-refractivity contribution in [2.45, 2.75) is 6.92 Å². The van der Waals surface area contributed by atoms with Gasteiger partial charge in [-0.3, -0.25) is 10.1 Å². The lowest BCUT2D eigenvalue weighted by molar-refractivity contribution is 0.103. The molecule has 0 aliphatic heterocycles. The van der Waals surface area contributed by atoms with Gasteiger partial charge >= 0.3 is 0 Å². The zero-order valence-corrected chi connectivity index (χ0v) is 15.8. The van der Waals surface area contributed by atoms with Crippen LogP contribution >= 0.6 is 22.7 Å². The number of hydrogen-bond acceptors (Lipinski definition) is 6. The molecule has 2 aromatic carbocycles. The Morgan fingerprint density at radius 1 is 1.08 bits per heavy atom. The van der Waals surface area contributed by atoms with Crippen LogP contribution in [0.2, 0.25) is 0 Å². The molecule has 26 heavy (non-hydrogen) atoms. The fourth-order valence-corrected chi connectivity index (χ4v) is 4.38. The number of ether oxygens (including phenoxy) is 1. The third kappa shape index (κ3) is 3.18. The number of para-hydroxylation sites is 1. The highest BCUT2D eigenvalue weighted by Gasteiger charge is 2.18. The number of aryl methyl sites for hydroxylation is 1. The predicted octanol–water partition coefficient (Wildman–Crippen LogP) is 4.99. The number of thiazole rings is 2. The van der Waals surface area contributed by atoms with E-state index >= 15 is 0 Å². The third-order valence-corrected chi connectivity index (χ3v) is 5.99.